The maximum Gasteiger partial charge on any atom is 0.210 e. The van der Waals surface area contributed by atoms with E-state index in [0.29, 0.717) is 0 Å². The first-order valence-electron chi connectivity index (χ1n) is 3.49. The molecule has 0 saturated heterocycles. The predicted molar refractivity (Wildman–Crippen MR) is 50.3 cm³/mol. The van der Waals surface area contributed by atoms with Crippen LogP contribution in [0.3, 0.4) is 0 Å². The van der Waals surface area contributed by atoms with E-state index in [2.05, 4.69) is 4.72 Å². The van der Waals surface area contributed by atoms with Gasteiger partial charge in [-0.15, -0.1) is 0 Å². The van der Waals surface area contributed by atoms with Gasteiger partial charge in [0.25, 0.3) is 0 Å². The van der Waals surface area contributed by atoms with Crippen LogP contribution in [0.1, 0.15) is 0 Å². The Morgan fingerprint density at radius 3 is 1.92 bits per heavy atom. The van der Waals surface area contributed by atoms with E-state index < -0.39 is 20.0 Å². The quantitative estimate of drug-likeness (QED) is 0.618. The van der Waals surface area contributed by atoms with Gasteiger partial charge in [0.05, 0.1) is 12.5 Å². The highest BCUT2D eigenvalue weighted by molar-refractivity contribution is 7.88. The molecule has 0 bridgehead atoms. The van der Waals surface area contributed by atoms with Crippen LogP contribution < -0.4 is 4.72 Å². The molecule has 0 atom stereocenters. The standard InChI is InChI=1S/C5H14N2O4S2/c1-7(13(3,10)11)5-4-6-12(2,8)9/h6H,4-5H2,1-3H3. The highest BCUT2D eigenvalue weighted by atomic mass is 32.2. The largest absolute Gasteiger partial charge is 0.214 e. The van der Waals surface area contributed by atoms with E-state index >= 15 is 0 Å². The number of nitrogens with one attached hydrogen (secondary N) is 1. The SMILES string of the molecule is CN(CCNS(C)(=O)=O)S(C)(=O)=O. The minimum atomic E-state index is -3.24. The number of hydrogen-bond donors (Lipinski definition) is 1. The van der Waals surface area contributed by atoms with Crippen molar-refractivity contribution in [3.63, 3.8) is 0 Å². The fraction of sp³-hybridized carbons (Fsp3) is 1.00. The summed E-state index contributed by atoms with van der Waals surface area (Å²) >= 11 is 0. The zero-order chi connectivity index (χ0) is 10.7. The Morgan fingerprint density at radius 1 is 1.15 bits per heavy atom. The lowest BCUT2D eigenvalue weighted by atomic mass is 10.7. The summed E-state index contributed by atoms with van der Waals surface area (Å²) in [6, 6.07) is 0. The Labute approximate surface area is 79.0 Å². The van der Waals surface area contributed by atoms with Gasteiger partial charge in [-0.05, 0) is 0 Å². The molecule has 0 aromatic carbocycles. The third-order valence-electron chi connectivity index (χ3n) is 1.36. The smallest absolute Gasteiger partial charge is 0.210 e. The molecule has 0 rings (SSSR count). The molecule has 0 saturated carbocycles. The summed E-state index contributed by atoms with van der Waals surface area (Å²) < 4.78 is 46.1. The van der Waals surface area contributed by atoms with Crippen molar-refractivity contribution < 1.29 is 16.8 Å². The van der Waals surface area contributed by atoms with Crippen LogP contribution in [0.15, 0.2) is 0 Å². The van der Waals surface area contributed by atoms with Crippen molar-refractivity contribution in [2.24, 2.45) is 0 Å². The molecule has 0 aliphatic rings. The van der Waals surface area contributed by atoms with Crippen molar-refractivity contribution in [1.29, 1.82) is 0 Å². The van der Waals surface area contributed by atoms with Gasteiger partial charge in [0.1, 0.15) is 0 Å². The fourth-order valence-corrected chi connectivity index (χ4v) is 1.44. The van der Waals surface area contributed by atoms with Crippen molar-refractivity contribution >= 4 is 20.0 Å². The van der Waals surface area contributed by atoms with Gasteiger partial charge >= 0.3 is 0 Å². The second-order valence-electron chi connectivity index (χ2n) is 2.75. The number of rotatable bonds is 5. The third-order valence-corrected chi connectivity index (χ3v) is 3.40. The molecule has 0 spiro atoms. The molecule has 6 nitrogen and oxygen atoms in total. The Balaban J connectivity index is 3.94. The zero-order valence-corrected chi connectivity index (χ0v) is 9.44. The topological polar surface area (TPSA) is 83.6 Å². The van der Waals surface area contributed by atoms with E-state index in [-0.39, 0.29) is 13.1 Å². The maximum atomic E-state index is 10.8. The summed E-state index contributed by atoms with van der Waals surface area (Å²) in [5.74, 6) is 0. The van der Waals surface area contributed by atoms with Crippen molar-refractivity contribution in [3.05, 3.63) is 0 Å². The maximum absolute atomic E-state index is 10.8. The summed E-state index contributed by atoms with van der Waals surface area (Å²) in [7, 11) is -5.07. The first-order chi connectivity index (χ1) is 5.63. The summed E-state index contributed by atoms with van der Waals surface area (Å²) in [5, 5.41) is 0. The molecule has 0 aromatic heterocycles. The zero-order valence-electron chi connectivity index (χ0n) is 7.81. The van der Waals surface area contributed by atoms with Gasteiger partial charge in [-0.25, -0.2) is 25.9 Å². The summed E-state index contributed by atoms with van der Waals surface area (Å²) in [5.41, 5.74) is 0. The molecular weight excluding hydrogens is 216 g/mol. The Bertz CT molecular complexity index is 345. The average molecular weight is 230 g/mol. The molecule has 0 aromatic rings. The van der Waals surface area contributed by atoms with Crippen LogP contribution in [-0.2, 0) is 20.0 Å². The number of likely N-dealkylation sites (N-methyl/N-ethyl adjacent to an activating group) is 1. The second-order valence-corrected chi connectivity index (χ2v) is 6.67. The fourth-order valence-electron chi connectivity index (χ4n) is 0.554. The molecule has 80 valence electrons. The van der Waals surface area contributed by atoms with Gasteiger partial charge in [0, 0.05) is 20.1 Å². The number of hydrogen-bond acceptors (Lipinski definition) is 4. The number of nitrogens with zero attached hydrogens (tertiary/aromatic N) is 1. The van der Waals surface area contributed by atoms with Crippen LogP contribution in [0.25, 0.3) is 0 Å². The monoisotopic (exact) mass is 230 g/mol. The van der Waals surface area contributed by atoms with E-state index in [9.17, 15) is 16.8 Å². The molecule has 1 N–H and O–H groups in total. The Kier molecular flexibility index (Phi) is 4.30. The second kappa shape index (κ2) is 4.36. The molecule has 0 aliphatic carbocycles. The molecule has 0 amide bonds. The van der Waals surface area contributed by atoms with Gasteiger partial charge in [-0.2, -0.15) is 0 Å². The minimum absolute atomic E-state index is 0.0857. The summed E-state index contributed by atoms with van der Waals surface area (Å²) in [6.45, 7) is 0.217. The van der Waals surface area contributed by atoms with Gasteiger partial charge in [0.2, 0.25) is 20.0 Å². The van der Waals surface area contributed by atoms with Crippen LogP contribution in [-0.4, -0.2) is 53.8 Å². The predicted octanol–water partition coefficient (Wildman–Crippen LogP) is -1.57. The lowest BCUT2D eigenvalue weighted by molar-refractivity contribution is 0.474. The minimum Gasteiger partial charge on any atom is -0.214 e. The molecule has 0 heterocycles. The molecule has 0 radical (unpaired) electrons. The van der Waals surface area contributed by atoms with Crippen molar-refractivity contribution in [3.8, 4) is 0 Å². The van der Waals surface area contributed by atoms with Crippen LogP contribution in [0.2, 0.25) is 0 Å². The van der Waals surface area contributed by atoms with E-state index in [1.165, 1.54) is 7.05 Å². The van der Waals surface area contributed by atoms with Crippen LogP contribution in [0.5, 0.6) is 0 Å². The molecular formula is C5H14N2O4S2. The van der Waals surface area contributed by atoms with Crippen LogP contribution >= 0.6 is 0 Å². The molecule has 8 heteroatoms. The normalized spacial score (nSPS) is 13.5. The number of sulfonamides is 2. The lowest BCUT2D eigenvalue weighted by Crippen LogP contribution is -2.35. The molecule has 0 unspecified atom stereocenters. The van der Waals surface area contributed by atoms with Crippen molar-refractivity contribution in [2.75, 3.05) is 32.6 Å². The Morgan fingerprint density at radius 2 is 1.62 bits per heavy atom. The van der Waals surface area contributed by atoms with Crippen LogP contribution in [0, 0.1) is 0 Å². The lowest BCUT2D eigenvalue weighted by Gasteiger charge is -2.13. The van der Waals surface area contributed by atoms with E-state index in [0.717, 1.165) is 16.8 Å². The summed E-state index contributed by atoms with van der Waals surface area (Å²) in [6.07, 6.45) is 2.08. The molecule has 0 aliphatic heterocycles. The average Bonchev–Trinajstić information content (AvgIpc) is 1.82. The third kappa shape index (κ3) is 6.94. The van der Waals surface area contributed by atoms with Gasteiger partial charge in [-0.1, -0.05) is 0 Å². The van der Waals surface area contributed by atoms with Gasteiger partial charge in [0.15, 0.2) is 0 Å². The van der Waals surface area contributed by atoms with Crippen molar-refractivity contribution in [1.82, 2.24) is 9.03 Å². The molecule has 13 heavy (non-hydrogen) atoms. The van der Waals surface area contributed by atoms with E-state index in [4.69, 9.17) is 0 Å². The Hall–Kier alpha value is -0.180. The first kappa shape index (κ1) is 12.8. The molecule has 0 fully saturated rings. The van der Waals surface area contributed by atoms with Gasteiger partial charge < -0.3 is 0 Å². The van der Waals surface area contributed by atoms with Crippen molar-refractivity contribution in [2.45, 2.75) is 0 Å². The van der Waals surface area contributed by atoms with Crippen LogP contribution in [0.4, 0.5) is 0 Å². The van der Waals surface area contributed by atoms with E-state index in [1.54, 1.807) is 0 Å². The highest BCUT2D eigenvalue weighted by Crippen LogP contribution is 1.90. The summed E-state index contributed by atoms with van der Waals surface area (Å²) in [4.78, 5) is 0. The van der Waals surface area contributed by atoms with Gasteiger partial charge in [-0.3, -0.25) is 0 Å². The van der Waals surface area contributed by atoms with E-state index in [1.807, 2.05) is 0 Å². The highest BCUT2D eigenvalue weighted by Gasteiger charge is 2.10. The first-order valence-corrected chi connectivity index (χ1v) is 7.23.